The lowest BCUT2D eigenvalue weighted by atomic mass is 10.1. The summed E-state index contributed by atoms with van der Waals surface area (Å²) in [5.41, 5.74) is 12.3. The van der Waals surface area contributed by atoms with Gasteiger partial charge in [-0.3, -0.25) is 0 Å². The number of aryl methyl sites for hydroxylation is 1. The first-order valence-electron chi connectivity index (χ1n) is 15.8. The number of benzene rings is 2. The number of thioether (sulfide) groups is 2. The van der Waals surface area contributed by atoms with E-state index in [9.17, 15) is 0 Å². The Hall–Kier alpha value is -1.51. The van der Waals surface area contributed by atoms with Gasteiger partial charge in [-0.05, 0) is 43.2 Å². The molecule has 0 radical (unpaired) electrons. The zero-order valence-corrected chi connectivity index (χ0v) is 31.0. The second-order valence-electron chi connectivity index (χ2n) is 13.5. The minimum absolute atomic E-state index is 1.07. The van der Waals surface area contributed by atoms with Crippen LogP contribution < -0.4 is 0 Å². The van der Waals surface area contributed by atoms with Crippen LogP contribution in [-0.4, -0.2) is 33.2 Å². The standard InChI is InChI=1S/C36H53NS2Si2/c1-10-11-12-13-14-15-16-17-18-19-22-37-33-27-35(38-2)29(20-23-40(4,5)6)25-31(33)32-26-30(21-24-41(7,8)9)36(39-3)28-34(32)37/h25-28H,10-19,22H2,1-9H3. The molecule has 1 aromatic heterocycles. The molecule has 0 bridgehead atoms. The lowest BCUT2D eigenvalue weighted by Gasteiger charge is -2.11. The van der Waals surface area contributed by atoms with Crippen LogP contribution in [0.3, 0.4) is 0 Å². The molecule has 0 saturated heterocycles. The average Bonchev–Trinajstić information content (AvgIpc) is 3.20. The third-order valence-electron chi connectivity index (χ3n) is 7.39. The highest BCUT2D eigenvalue weighted by Gasteiger charge is 2.17. The van der Waals surface area contributed by atoms with Crippen LogP contribution in [0.2, 0.25) is 39.3 Å². The minimum Gasteiger partial charge on any atom is -0.340 e. The number of fused-ring (bicyclic) bond motifs is 3. The lowest BCUT2D eigenvalue weighted by Crippen LogP contribution is -2.16. The predicted octanol–water partition coefficient (Wildman–Crippen LogP) is 11.6. The zero-order chi connectivity index (χ0) is 30.0. The summed E-state index contributed by atoms with van der Waals surface area (Å²) in [6, 6.07) is 9.58. The fourth-order valence-corrected chi connectivity index (χ4v) is 7.33. The molecule has 0 amide bonds. The second-order valence-corrected chi connectivity index (χ2v) is 24.7. The van der Waals surface area contributed by atoms with Gasteiger partial charge in [0.05, 0.1) is 11.0 Å². The molecule has 1 heterocycles. The van der Waals surface area contributed by atoms with Gasteiger partial charge in [-0.1, -0.05) is 116 Å². The summed E-state index contributed by atoms with van der Waals surface area (Å²) in [5, 5.41) is 2.65. The summed E-state index contributed by atoms with van der Waals surface area (Å²) in [6.45, 7) is 17.3. The molecule has 0 spiro atoms. The Labute approximate surface area is 262 Å². The van der Waals surface area contributed by atoms with E-state index in [-0.39, 0.29) is 0 Å². The van der Waals surface area contributed by atoms with E-state index in [0.717, 1.165) is 6.54 Å². The number of rotatable bonds is 13. The number of aromatic nitrogens is 1. The second kappa shape index (κ2) is 15.8. The molecule has 0 fully saturated rings. The van der Waals surface area contributed by atoms with Crippen molar-refractivity contribution < 1.29 is 0 Å². The van der Waals surface area contributed by atoms with Gasteiger partial charge < -0.3 is 4.57 Å². The molecule has 2 aromatic carbocycles. The molecule has 0 N–H and O–H groups in total. The van der Waals surface area contributed by atoms with Gasteiger partial charge in [-0.2, -0.15) is 0 Å². The highest BCUT2D eigenvalue weighted by Crippen LogP contribution is 2.37. The molecule has 0 aliphatic heterocycles. The van der Waals surface area contributed by atoms with Crippen LogP contribution in [0.1, 0.15) is 82.3 Å². The highest BCUT2D eigenvalue weighted by atomic mass is 32.2. The Balaban J connectivity index is 2.00. The number of hydrogen-bond donors (Lipinski definition) is 0. The van der Waals surface area contributed by atoms with E-state index in [2.05, 4.69) is 110 Å². The van der Waals surface area contributed by atoms with Gasteiger partial charge in [0.25, 0.3) is 0 Å². The molecule has 5 heteroatoms. The molecule has 0 aliphatic rings. The number of nitrogens with zero attached hydrogens (tertiary/aromatic N) is 1. The SMILES string of the molecule is CCCCCCCCCCCCn1c2cc(SC)c(C#C[Si](C)(C)C)cc2c2cc(C#C[Si](C)(C)C)c(SC)cc21. The van der Waals surface area contributed by atoms with Gasteiger partial charge in [0, 0.05) is 38.2 Å². The smallest absolute Gasteiger partial charge is 0.129 e. The first-order valence-corrected chi connectivity index (χ1v) is 25.2. The Kier molecular flexibility index (Phi) is 13.1. The van der Waals surface area contributed by atoms with Crippen LogP contribution in [0, 0.1) is 22.9 Å². The quantitative estimate of drug-likeness (QED) is 0.0811. The molecule has 0 saturated carbocycles. The van der Waals surface area contributed by atoms with Crippen molar-refractivity contribution >= 4 is 61.5 Å². The Morgan fingerprint density at radius 3 is 1.34 bits per heavy atom. The van der Waals surface area contributed by atoms with Crippen molar-refractivity contribution in [3.63, 3.8) is 0 Å². The van der Waals surface area contributed by atoms with Crippen molar-refractivity contribution in [2.24, 2.45) is 0 Å². The molecule has 1 nitrogen and oxygen atoms in total. The third-order valence-corrected chi connectivity index (χ3v) is 10.7. The molecular formula is C36H53NS2Si2. The molecule has 41 heavy (non-hydrogen) atoms. The molecule has 3 rings (SSSR count). The Bertz CT molecular complexity index is 1330. The van der Waals surface area contributed by atoms with Crippen molar-refractivity contribution in [3.05, 3.63) is 35.4 Å². The Morgan fingerprint density at radius 1 is 0.585 bits per heavy atom. The fourth-order valence-electron chi connectivity index (χ4n) is 5.19. The molecular weight excluding hydrogens is 567 g/mol. The molecule has 0 aliphatic carbocycles. The highest BCUT2D eigenvalue weighted by molar-refractivity contribution is 7.98. The first kappa shape index (κ1) is 34.0. The van der Waals surface area contributed by atoms with Gasteiger partial charge in [-0.15, -0.1) is 34.6 Å². The van der Waals surface area contributed by atoms with Crippen molar-refractivity contribution in [3.8, 4) is 22.9 Å². The summed E-state index contributed by atoms with van der Waals surface area (Å²) < 4.78 is 2.60. The van der Waals surface area contributed by atoms with Gasteiger partial charge in [0.2, 0.25) is 0 Å². The monoisotopic (exact) mass is 619 g/mol. The Morgan fingerprint density at radius 2 is 0.976 bits per heavy atom. The van der Waals surface area contributed by atoms with Crippen molar-refractivity contribution in [1.82, 2.24) is 4.57 Å². The van der Waals surface area contributed by atoms with E-state index >= 15 is 0 Å². The molecule has 222 valence electrons. The minimum atomic E-state index is -1.47. The van der Waals surface area contributed by atoms with E-state index in [4.69, 9.17) is 0 Å². The van der Waals surface area contributed by atoms with Crippen molar-refractivity contribution in [1.29, 1.82) is 0 Å². The van der Waals surface area contributed by atoms with Crippen molar-refractivity contribution in [2.75, 3.05) is 12.5 Å². The van der Waals surface area contributed by atoms with Gasteiger partial charge >= 0.3 is 0 Å². The summed E-state index contributed by atoms with van der Waals surface area (Å²) in [7, 11) is -2.95. The van der Waals surface area contributed by atoms with Crippen molar-refractivity contribution in [2.45, 2.75) is 127 Å². The number of hydrogen-bond acceptors (Lipinski definition) is 2. The van der Waals surface area contributed by atoms with Crippen LogP contribution in [0.5, 0.6) is 0 Å². The van der Waals surface area contributed by atoms with E-state index in [1.807, 2.05) is 23.5 Å². The van der Waals surface area contributed by atoms with Crippen LogP contribution in [0.25, 0.3) is 21.8 Å². The van der Waals surface area contributed by atoms with Crippen LogP contribution in [0.15, 0.2) is 34.1 Å². The normalized spacial score (nSPS) is 11.9. The van der Waals surface area contributed by atoms with Gasteiger partial charge in [0.15, 0.2) is 0 Å². The van der Waals surface area contributed by atoms with Crippen LogP contribution >= 0.6 is 23.5 Å². The summed E-state index contributed by atoms with van der Waals surface area (Å²) in [5.74, 6) is 7.19. The molecule has 0 atom stereocenters. The summed E-state index contributed by atoms with van der Waals surface area (Å²) in [4.78, 5) is 2.58. The molecule has 0 unspecified atom stereocenters. The third kappa shape index (κ3) is 10.3. The maximum Gasteiger partial charge on any atom is 0.129 e. The van der Waals surface area contributed by atoms with E-state index in [0.29, 0.717) is 0 Å². The van der Waals surface area contributed by atoms with Crippen LogP contribution in [0.4, 0.5) is 0 Å². The summed E-state index contributed by atoms with van der Waals surface area (Å²) in [6.07, 6.45) is 18.0. The maximum atomic E-state index is 3.62. The largest absolute Gasteiger partial charge is 0.340 e. The molecule has 3 aromatic rings. The van der Waals surface area contributed by atoms with Gasteiger partial charge in [-0.25, -0.2) is 0 Å². The van der Waals surface area contributed by atoms with E-state index in [1.165, 1.54) is 107 Å². The summed E-state index contributed by atoms with van der Waals surface area (Å²) >= 11 is 3.65. The zero-order valence-electron chi connectivity index (χ0n) is 27.4. The maximum absolute atomic E-state index is 3.62. The van der Waals surface area contributed by atoms with E-state index in [1.54, 1.807) is 0 Å². The van der Waals surface area contributed by atoms with Gasteiger partial charge in [0.1, 0.15) is 16.1 Å². The lowest BCUT2D eigenvalue weighted by molar-refractivity contribution is 0.541. The fraction of sp³-hybridized carbons (Fsp3) is 0.556. The topological polar surface area (TPSA) is 4.93 Å². The number of unbranched alkanes of at least 4 members (excludes halogenated alkanes) is 9. The first-order chi connectivity index (χ1) is 19.5. The predicted molar refractivity (Wildman–Crippen MR) is 195 cm³/mol. The average molecular weight is 620 g/mol. The van der Waals surface area contributed by atoms with E-state index < -0.39 is 16.1 Å². The van der Waals surface area contributed by atoms with Crippen LogP contribution in [-0.2, 0) is 6.54 Å².